The van der Waals surface area contributed by atoms with Gasteiger partial charge in [-0.05, 0) is 149 Å². The van der Waals surface area contributed by atoms with Crippen LogP contribution in [0.15, 0.2) is 36.4 Å². The number of carbonyl (C=O) groups is 6. The second-order valence-corrected chi connectivity index (χ2v) is 20.1. The Balaban J connectivity index is 1.07. The molecule has 0 aromatic heterocycles. The van der Waals surface area contributed by atoms with Gasteiger partial charge in [0, 0.05) is 25.2 Å². The first-order valence-electron chi connectivity index (χ1n) is 25.0. The molecule has 0 spiro atoms. The number of hydrogen-bond acceptors (Lipinski definition) is 13. The standard InChI is InChI=1S/C54H78O13/c1-9-11-13-15-47(56)63-33-40(34-64-48(57)16-14-12-10-2)66-51(60)29-35(3)17-23-50(59)67-52-45(61-7)30-37(31-46(52)62-8)18-24-49(58)65-39-25-27-53(5)38(32-39)19-20-41-43-22-21-42(36(4)55)54(43,6)28-26-44(41)53/h11-14,30-31,35,38-44H,9-10,15-29,32-34H2,1-8H3/b13-11-,14-12-/t35?,38-,39+,41-,42+,43-,44-,53-,54+/m0/s1. The van der Waals surface area contributed by atoms with Crippen LogP contribution >= 0.6 is 0 Å². The van der Waals surface area contributed by atoms with E-state index >= 15 is 0 Å². The van der Waals surface area contributed by atoms with E-state index in [1.54, 1.807) is 38.1 Å². The van der Waals surface area contributed by atoms with Crippen molar-refractivity contribution in [3.63, 3.8) is 0 Å². The third kappa shape index (κ3) is 14.2. The van der Waals surface area contributed by atoms with Crippen molar-refractivity contribution in [1.82, 2.24) is 0 Å². The Morgan fingerprint density at radius 3 is 1.93 bits per heavy atom. The van der Waals surface area contributed by atoms with Gasteiger partial charge in [0.1, 0.15) is 25.1 Å². The molecule has 0 bridgehead atoms. The molecule has 13 nitrogen and oxygen atoms in total. The zero-order chi connectivity index (χ0) is 48.7. The fourth-order valence-electron chi connectivity index (χ4n) is 12.1. The molecular formula is C54H78O13. The third-order valence-electron chi connectivity index (χ3n) is 15.6. The topological polar surface area (TPSA) is 167 Å². The monoisotopic (exact) mass is 935 g/mol. The van der Waals surface area contributed by atoms with Crippen LogP contribution in [0.2, 0.25) is 0 Å². The third-order valence-corrected chi connectivity index (χ3v) is 15.6. The zero-order valence-electron chi connectivity index (χ0n) is 41.5. The van der Waals surface area contributed by atoms with Crippen LogP contribution in [0.3, 0.4) is 0 Å². The predicted octanol–water partition coefficient (Wildman–Crippen LogP) is 10.2. The number of Topliss-reactive ketones (excluding diaryl/α,β-unsaturated/α-hetero) is 1. The molecule has 4 fully saturated rings. The highest BCUT2D eigenvalue weighted by Gasteiger charge is 2.61. The Morgan fingerprint density at radius 2 is 1.33 bits per heavy atom. The summed E-state index contributed by atoms with van der Waals surface area (Å²) in [5.74, 6) is 1.12. The first kappa shape index (κ1) is 53.3. The second kappa shape index (κ2) is 25.1. The lowest BCUT2D eigenvalue weighted by Gasteiger charge is -2.61. The van der Waals surface area contributed by atoms with Gasteiger partial charge in [0.05, 0.1) is 27.1 Å². The SMILES string of the molecule is CC/C=C\CC(=O)OCC(COC(=O)C/C=C\CC)OC(=O)CC(C)CCC(=O)Oc1c(OC)cc(CCC(=O)O[C@@H]2CC[C@@]3(C)[C@@H](CC[C@@H]4[C@@H]3CC[C@]3(C)[C@@H](C(C)=O)CC[C@@H]43)C2)cc1OC. The van der Waals surface area contributed by atoms with E-state index in [0.29, 0.717) is 42.3 Å². The van der Waals surface area contributed by atoms with E-state index < -0.39 is 30.0 Å². The quantitative estimate of drug-likeness (QED) is 0.0416. The molecule has 0 N–H and O–H groups in total. The number of benzene rings is 1. The summed E-state index contributed by atoms with van der Waals surface area (Å²) in [5.41, 5.74) is 1.16. The highest BCUT2D eigenvalue weighted by atomic mass is 16.6. The maximum absolute atomic E-state index is 13.3. The van der Waals surface area contributed by atoms with Gasteiger partial charge in [-0.1, -0.05) is 58.9 Å². The van der Waals surface area contributed by atoms with Gasteiger partial charge in [-0.2, -0.15) is 0 Å². The Morgan fingerprint density at radius 1 is 0.716 bits per heavy atom. The fraction of sp³-hybridized carbons (Fsp3) is 0.704. The smallest absolute Gasteiger partial charge is 0.311 e. The lowest BCUT2D eigenvalue weighted by Crippen LogP contribution is -2.54. The second-order valence-electron chi connectivity index (χ2n) is 20.1. The van der Waals surface area contributed by atoms with Gasteiger partial charge < -0.3 is 33.2 Å². The molecular weight excluding hydrogens is 857 g/mol. The number of aryl methyl sites for hydroxylation is 1. The average Bonchev–Trinajstić information content (AvgIpc) is 3.66. The Hall–Kier alpha value is -4.68. The number of ketones is 1. The van der Waals surface area contributed by atoms with Crippen LogP contribution in [0.4, 0.5) is 0 Å². The van der Waals surface area contributed by atoms with Gasteiger partial charge in [-0.15, -0.1) is 0 Å². The lowest BCUT2D eigenvalue weighted by atomic mass is 9.44. The lowest BCUT2D eigenvalue weighted by molar-refractivity contribution is -0.166. The largest absolute Gasteiger partial charge is 0.493 e. The van der Waals surface area contributed by atoms with Crippen molar-refractivity contribution in [2.45, 2.75) is 169 Å². The highest BCUT2D eigenvalue weighted by Crippen LogP contribution is 2.67. The molecule has 5 rings (SSSR count). The van der Waals surface area contributed by atoms with Crippen LogP contribution in [0.1, 0.15) is 156 Å². The summed E-state index contributed by atoms with van der Waals surface area (Å²) in [7, 11) is 2.93. The molecule has 13 heteroatoms. The van der Waals surface area contributed by atoms with Crippen LogP contribution in [-0.4, -0.2) is 75.3 Å². The van der Waals surface area contributed by atoms with Gasteiger partial charge in [-0.25, -0.2) is 0 Å². The summed E-state index contributed by atoms with van der Waals surface area (Å²) in [5, 5.41) is 0. The summed E-state index contributed by atoms with van der Waals surface area (Å²) >= 11 is 0. The van der Waals surface area contributed by atoms with Crippen LogP contribution in [0, 0.1) is 46.3 Å². The minimum absolute atomic E-state index is 0.0204. The van der Waals surface area contributed by atoms with Gasteiger partial charge in [0.2, 0.25) is 5.75 Å². The van der Waals surface area contributed by atoms with Crippen molar-refractivity contribution < 1.29 is 61.9 Å². The summed E-state index contributed by atoms with van der Waals surface area (Å²) in [6.07, 6.45) is 18.2. The predicted molar refractivity (Wildman–Crippen MR) is 252 cm³/mol. The van der Waals surface area contributed by atoms with Gasteiger partial charge in [-0.3, -0.25) is 28.8 Å². The Bertz CT molecular complexity index is 1880. The molecule has 0 radical (unpaired) electrons. The number of carbonyl (C=O) groups excluding carboxylic acids is 6. The highest BCUT2D eigenvalue weighted by molar-refractivity contribution is 5.79. The molecule has 4 aliphatic carbocycles. The number of ether oxygens (including phenoxy) is 7. The number of rotatable bonds is 24. The Labute approximate surface area is 398 Å². The summed E-state index contributed by atoms with van der Waals surface area (Å²) in [6.45, 7) is 11.8. The number of hydrogen-bond donors (Lipinski definition) is 0. The van der Waals surface area contributed by atoms with Crippen molar-refractivity contribution >= 4 is 35.6 Å². The van der Waals surface area contributed by atoms with Gasteiger partial charge >= 0.3 is 29.8 Å². The van der Waals surface area contributed by atoms with Crippen LogP contribution < -0.4 is 14.2 Å². The van der Waals surface area contributed by atoms with Crippen molar-refractivity contribution in [3.8, 4) is 17.2 Å². The molecule has 372 valence electrons. The number of fused-ring (bicyclic) bond motifs is 5. The maximum Gasteiger partial charge on any atom is 0.311 e. The molecule has 1 aromatic carbocycles. The molecule has 0 heterocycles. The van der Waals surface area contributed by atoms with Gasteiger partial charge in [0.15, 0.2) is 17.6 Å². The molecule has 67 heavy (non-hydrogen) atoms. The minimum Gasteiger partial charge on any atom is -0.493 e. The van der Waals surface area contributed by atoms with Crippen LogP contribution in [0.25, 0.3) is 0 Å². The number of allylic oxidation sites excluding steroid dienone is 2. The van der Waals surface area contributed by atoms with Crippen LogP contribution in [-0.2, 0) is 54.1 Å². The molecule has 0 saturated heterocycles. The van der Waals surface area contributed by atoms with E-state index in [1.165, 1.54) is 33.5 Å². The average molecular weight is 935 g/mol. The van der Waals surface area contributed by atoms with E-state index in [2.05, 4.69) is 13.8 Å². The molecule has 4 saturated carbocycles. The molecule has 0 amide bonds. The molecule has 4 aliphatic rings. The van der Waals surface area contributed by atoms with Crippen LogP contribution in [0.5, 0.6) is 17.2 Å². The molecule has 1 aromatic rings. The number of esters is 5. The van der Waals surface area contributed by atoms with Crippen molar-refractivity contribution in [1.29, 1.82) is 0 Å². The van der Waals surface area contributed by atoms with E-state index in [0.717, 1.165) is 56.9 Å². The van der Waals surface area contributed by atoms with E-state index in [1.807, 2.05) is 26.0 Å². The first-order valence-corrected chi connectivity index (χ1v) is 25.0. The Kier molecular flexibility index (Phi) is 19.9. The van der Waals surface area contributed by atoms with E-state index in [4.69, 9.17) is 33.2 Å². The van der Waals surface area contributed by atoms with Crippen molar-refractivity contribution in [2.75, 3.05) is 27.4 Å². The zero-order valence-corrected chi connectivity index (χ0v) is 41.5. The first-order chi connectivity index (χ1) is 32.0. The van der Waals surface area contributed by atoms with Gasteiger partial charge in [0.25, 0.3) is 0 Å². The normalized spacial score (nSPS) is 27.1. The van der Waals surface area contributed by atoms with E-state index in [-0.39, 0.29) is 97.3 Å². The van der Waals surface area contributed by atoms with E-state index in [9.17, 15) is 28.8 Å². The fourth-order valence-corrected chi connectivity index (χ4v) is 12.1. The van der Waals surface area contributed by atoms with Crippen molar-refractivity contribution in [2.24, 2.45) is 46.3 Å². The maximum atomic E-state index is 13.3. The molecule has 0 aliphatic heterocycles. The molecule has 1 unspecified atom stereocenters. The molecule has 9 atom stereocenters. The summed E-state index contributed by atoms with van der Waals surface area (Å²) in [6, 6.07) is 3.46. The number of methoxy groups -OCH3 is 2. The van der Waals surface area contributed by atoms with Crippen molar-refractivity contribution in [3.05, 3.63) is 42.0 Å². The minimum atomic E-state index is -0.999. The summed E-state index contributed by atoms with van der Waals surface area (Å²) < 4.78 is 39.2. The summed E-state index contributed by atoms with van der Waals surface area (Å²) in [4.78, 5) is 76.4.